The molecule has 0 aliphatic rings. The number of ketones is 1. The number of thioether (sulfide) groups is 1. The van der Waals surface area contributed by atoms with Crippen molar-refractivity contribution in [3.05, 3.63) is 59.1 Å². The third-order valence-electron chi connectivity index (χ3n) is 4.31. The molecular formula is C21H22ClN3O3S. The van der Waals surface area contributed by atoms with Crippen LogP contribution < -0.4 is 4.74 Å². The van der Waals surface area contributed by atoms with Gasteiger partial charge < -0.3 is 14.0 Å². The number of methoxy groups -OCH3 is 2. The summed E-state index contributed by atoms with van der Waals surface area (Å²) < 4.78 is 12.3. The number of hydrogen-bond donors (Lipinski definition) is 0. The molecule has 2 aromatic carbocycles. The monoisotopic (exact) mass is 431 g/mol. The third-order valence-corrected chi connectivity index (χ3v) is 5.60. The number of carbonyl (C=O) groups is 1. The van der Waals surface area contributed by atoms with Gasteiger partial charge in [0, 0.05) is 31.4 Å². The number of hydrogen-bond acceptors (Lipinski definition) is 6. The average molecular weight is 432 g/mol. The van der Waals surface area contributed by atoms with Crippen LogP contribution in [-0.4, -0.2) is 47.1 Å². The zero-order valence-electron chi connectivity index (χ0n) is 16.3. The zero-order chi connectivity index (χ0) is 20.6. The molecule has 0 aliphatic carbocycles. The summed E-state index contributed by atoms with van der Waals surface area (Å²) in [5.41, 5.74) is 1.45. The predicted octanol–water partition coefficient (Wildman–Crippen LogP) is 4.62. The molecule has 0 aliphatic heterocycles. The van der Waals surface area contributed by atoms with E-state index in [9.17, 15) is 4.79 Å². The van der Waals surface area contributed by atoms with Crippen LogP contribution in [0.15, 0.2) is 53.7 Å². The molecule has 3 rings (SSSR count). The molecule has 3 aromatic rings. The number of ether oxygens (including phenoxy) is 2. The van der Waals surface area contributed by atoms with Gasteiger partial charge in [-0.2, -0.15) is 0 Å². The minimum absolute atomic E-state index is 0.0170. The van der Waals surface area contributed by atoms with E-state index in [0.717, 1.165) is 17.7 Å². The second-order valence-corrected chi connectivity index (χ2v) is 7.57. The summed E-state index contributed by atoms with van der Waals surface area (Å²) >= 11 is 7.72. The fourth-order valence-electron chi connectivity index (χ4n) is 2.80. The summed E-state index contributed by atoms with van der Waals surface area (Å²) in [5, 5.41) is 9.94. The van der Waals surface area contributed by atoms with Crippen molar-refractivity contribution >= 4 is 29.1 Å². The molecule has 0 bridgehead atoms. The van der Waals surface area contributed by atoms with Crippen molar-refractivity contribution in [2.24, 2.45) is 0 Å². The van der Waals surface area contributed by atoms with Gasteiger partial charge in [-0.25, -0.2) is 0 Å². The molecule has 0 unspecified atom stereocenters. The molecule has 8 heteroatoms. The summed E-state index contributed by atoms with van der Waals surface area (Å²) in [4.78, 5) is 12.6. The first kappa shape index (κ1) is 21.4. The van der Waals surface area contributed by atoms with Gasteiger partial charge in [-0.1, -0.05) is 35.5 Å². The van der Waals surface area contributed by atoms with Crippen molar-refractivity contribution in [2.45, 2.75) is 18.1 Å². The highest BCUT2D eigenvalue weighted by Crippen LogP contribution is 2.29. The molecule has 0 radical (unpaired) electrons. The minimum Gasteiger partial charge on any atom is -0.497 e. The summed E-state index contributed by atoms with van der Waals surface area (Å²) in [6, 6.07) is 14.6. The van der Waals surface area contributed by atoms with Crippen LogP contribution in [-0.2, 0) is 11.3 Å². The third kappa shape index (κ3) is 5.38. The van der Waals surface area contributed by atoms with Crippen molar-refractivity contribution in [2.75, 3.05) is 26.6 Å². The zero-order valence-corrected chi connectivity index (χ0v) is 17.9. The number of nitrogens with zero attached hydrogens (tertiary/aromatic N) is 3. The quantitative estimate of drug-likeness (QED) is 0.265. The molecule has 0 N–H and O–H groups in total. The van der Waals surface area contributed by atoms with Crippen molar-refractivity contribution in [3.63, 3.8) is 0 Å². The van der Waals surface area contributed by atoms with E-state index in [4.69, 9.17) is 21.1 Å². The highest BCUT2D eigenvalue weighted by molar-refractivity contribution is 7.99. The Bertz CT molecular complexity index is 960. The smallest absolute Gasteiger partial charge is 0.191 e. The lowest BCUT2D eigenvalue weighted by atomic mass is 10.1. The standard InChI is InChI=1S/C21H22ClN3O3S/c1-27-13-5-12-25-20(17-6-3-4-7-18(17)22)23-24-21(25)29-14-19(26)15-8-10-16(28-2)11-9-15/h3-4,6-11H,5,12-14H2,1-2H3. The van der Waals surface area contributed by atoms with Crippen LogP contribution in [0.3, 0.4) is 0 Å². The van der Waals surface area contributed by atoms with Crippen LogP contribution in [0.25, 0.3) is 11.4 Å². The average Bonchev–Trinajstić information content (AvgIpc) is 3.15. The number of benzene rings is 2. The number of halogens is 1. The molecular weight excluding hydrogens is 410 g/mol. The minimum atomic E-state index is 0.0170. The van der Waals surface area contributed by atoms with Crippen molar-refractivity contribution < 1.29 is 14.3 Å². The van der Waals surface area contributed by atoms with E-state index in [0.29, 0.717) is 34.7 Å². The summed E-state index contributed by atoms with van der Waals surface area (Å²) in [6.45, 7) is 1.29. The van der Waals surface area contributed by atoms with Gasteiger partial charge >= 0.3 is 0 Å². The highest BCUT2D eigenvalue weighted by Gasteiger charge is 2.17. The van der Waals surface area contributed by atoms with Crippen molar-refractivity contribution in [1.82, 2.24) is 14.8 Å². The first-order valence-corrected chi connectivity index (χ1v) is 10.5. The van der Waals surface area contributed by atoms with Gasteiger partial charge in [-0.15, -0.1) is 10.2 Å². The lowest BCUT2D eigenvalue weighted by Crippen LogP contribution is -2.07. The van der Waals surface area contributed by atoms with Gasteiger partial charge in [-0.05, 0) is 42.8 Å². The van der Waals surface area contributed by atoms with Gasteiger partial charge in [0.2, 0.25) is 0 Å². The van der Waals surface area contributed by atoms with Gasteiger partial charge in [0.1, 0.15) is 5.75 Å². The van der Waals surface area contributed by atoms with Gasteiger partial charge in [0.15, 0.2) is 16.8 Å². The Morgan fingerprint density at radius 3 is 2.55 bits per heavy atom. The van der Waals surface area contributed by atoms with Gasteiger partial charge in [-0.3, -0.25) is 4.79 Å². The molecule has 29 heavy (non-hydrogen) atoms. The van der Waals surface area contributed by atoms with E-state index in [1.165, 1.54) is 11.8 Å². The Balaban J connectivity index is 1.78. The highest BCUT2D eigenvalue weighted by atomic mass is 35.5. The first-order valence-electron chi connectivity index (χ1n) is 9.11. The van der Waals surface area contributed by atoms with E-state index < -0.39 is 0 Å². The molecule has 6 nitrogen and oxygen atoms in total. The SMILES string of the molecule is COCCCn1c(SCC(=O)c2ccc(OC)cc2)nnc1-c1ccccc1Cl. The largest absolute Gasteiger partial charge is 0.497 e. The lowest BCUT2D eigenvalue weighted by molar-refractivity contribution is 0.102. The van der Waals surface area contributed by atoms with Crippen LogP contribution in [0.2, 0.25) is 5.02 Å². The Kier molecular flexibility index (Phi) is 7.69. The number of rotatable bonds is 10. The molecule has 0 fully saturated rings. The summed E-state index contributed by atoms with van der Waals surface area (Å²) in [7, 11) is 3.27. The second-order valence-electron chi connectivity index (χ2n) is 6.22. The van der Waals surface area contributed by atoms with Crippen LogP contribution in [0.4, 0.5) is 0 Å². The van der Waals surface area contributed by atoms with Gasteiger partial charge in [0.25, 0.3) is 0 Å². The molecule has 0 saturated heterocycles. The topological polar surface area (TPSA) is 66.2 Å². The Hall–Kier alpha value is -2.35. The molecule has 0 amide bonds. The maximum absolute atomic E-state index is 12.6. The lowest BCUT2D eigenvalue weighted by Gasteiger charge is -2.11. The fraction of sp³-hybridized carbons (Fsp3) is 0.286. The fourth-order valence-corrected chi connectivity index (χ4v) is 3.88. The van der Waals surface area contributed by atoms with Crippen molar-refractivity contribution in [1.29, 1.82) is 0 Å². The maximum Gasteiger partial charge on any atom is 0.191 e. The summed E-state index contributed by atoms with van der Waals surface area (Å²) in [5.74, 6) is 1.68. The van der Waals surface area contributed by atoms with E-state index in [1.807, 2.05) is 28.8 Å². The first-order chi connectivity index (χ1) is 14.1. The van der Waals surface area contributed by atoms with E-state index in [2.05, 4.69) is 10.2 Å². The Labute approximate surface area is 179 Å². The number of Topliss-reactive ketones (excluding diaryl/α,β-unsaturated/α-hetero) is 1. The summed E-state index contributed by atoms with van der Waals surface area (Å²) in [6.07, 6.45) is 0.798. The van der Waals surface area contributed by atoms with Crippen LogP contribution in [0, 0.1) is 0 Å². The molecule has 1 heterocycles. The molecule has 152 valence electrons. The Morgan fingerprint density at radius 1 is 1.10 bits per heavy atom. The number of carbonyl (C=O) groups excluding carboxylic acids is 1. The normalized spacial score (nSPS) is 10.9. The predicted molar refractivity (Wildman–Crippen MR) is 115 cm³/mol. The molecule has 0 saturated carbocycles. The second kappa shape index (κ2) is 10.4. The Morgan fingerprint density at radius 2 is 1.86 bits per heavy atom. The molecule has 0 atom stereocenters. The van der Waals surface area contributed by atoms with Crippen molar-refractivity contribution in [3.8, 4) is 17.1 Å². The van der Waals surface area contributed by atoms with Crippen LogP contribution in [0.1, 0.15) is 16.8 Å². The molecule has 1 aromatic heterocycles. The van der Waals surface area contributed by atoms with Crippen LogP contribution in [0.5, 0.6) is 5.75 Å². The molecule has 0 spiro atoms. The number of aromatic nitrogens is 3. The van der Waals surface area contributed by atoms with Gasteiger partial charge in [0.05, 0.1) is 17.9 Å². The maximum atomic E-state index is 12.6. The van der Waals surface area contributed by atoms with E-state index >= 15 is 0 Å². The van der Waals surface area contributed by atoms with E-state index in [1.54, 1.807) is 38.5 Å². The van der Waals surface area contributed by atoms with E-state index in [-0.39, 0.29) is 11.5 Å². The van der Waals surface area contributed by atoms with Crippen LogP contribution >= 0.6 is 23.4 Å².